The Morgan fingerprint density at radius 1 is 1.30 bits per heavy atom. The van der Waals surface area contributed by atoms with Crippen molar-refractivity contribution in [2.24, 2.45) is 5.92 Å². The Balaban J connectivity index is 2.25. The van der Waals surface area contributed by atoms with Crippen LogP contribution in [0.4, 0.5) is 0 Å². The second-order valence-corrected chi connectivity index (χ2v) is 8.99. The second kappa shape index (κ2) is 5.57. The summed E-state index contributed by atoms with van der Waals surface area (Å²) in [4.78, 5) is 0.124. The van der Waals surface area contributed by atoms with E-state index in [0.717, 1.165) is 23.7 Å². The average Bonchev–Trinajstić information content (AvgIpc) is 3.10. The highest BCUT2D eigenvalue weighted by atomic mass is 35.7. The average molecular weight is 317 g/mol. The van der Waals surface area contributed by atoms with Crippen LogP contribution in [0, 0.1) is 5.92 Å². The van der Waals surface area contributed by atoms with E-state index in [-0.39, 0.29) is 10.3 Å². The molecule has 3 nitrogen and oxygen atoms in total. The Hall–Kier alpha value is -0.740. The first-order chi connectivity index (χ1) is 9.18. The van der Waals surface area contributed by atoms with Gasteiger partial charge in [-0.25, -0.2) is 8.42 Å². The predicted octanol–water partition coefficient (Wildman–Crippen LogP) is 4.09. The number of hydrogen-bond donors (Lipinski definition) is 0. The number of benzene rings is 1. The van der Waals surface area contributed by atoms with E-state index in [1.54, 1.807) is 12.1 Å². The normalized spacial score (nSPS) is 16.2. The van der Waals surface area contributed by atoms with Crippen molar-refractivity contribution in [3.8, 4) is 5.75 Å². The van der Waals surface area contributed by atoms with Crippen LogP contribution in [-0.2, 0) is 14.5 Å². The van der Waals surface area contributed by atoms with Crippen molar-refractivity contribution in [2.45, 2.75) is 50.3 Å². The molecule has 0 amide bonds. The van der Waals surface area contributed by atoms with Crippen molar-refractivity contribution >= 4 is 19.7 Å². The SMILES string of the molecule is CC(C)(C)c1cc(S(=O)(=O)Cl)ccc1OCCC1CC1. The third kappa shape index (κ3) is 4.13. The van der Waals surface area contributed by atoms with Gasteiger partial charge >= 0.3 is 0 Å². The zero-order valence-corrected chi connectivity index (χ0v) is 13.7. The van der Waals surface area contributed by atoms with Crippen molar-refractivity contribution in [3.63, 3.8) is 0 Å². The zero-order chi connectivity index (χ0) is 15.0. The van der Waals surface area contributed by atoms with E-state index in [1.165, 1.54) is 18.9 Å². The van der Waals surface area contributed by atoms with Crippen LogP contribution in [0.15, 0.2) is 23.1 Å². The molecule has 1 aromatic rings. The van der Waals surface area contributed by atoms with Gasteiger partial charge in [-0.05, 0) is 36.0 Å². The summed E-state index contributed by atoms with van der Waals surface area (Å²) in [6, 6.07) is 4.83. The van der Waals surface area contributed by atoms with E-state index in [0.29, 0.717) is 6.61 Å². The molecule has 0 spiro atoms. The van der Waals surface area contributed by atoms with Gasteiger partial charge in [-0.15, -0.1) is 0 Å². The lowest BCUT2D eigenvalue weighted by Gasteiger charge is -2.23. The van der Waals surface area contributed by atoms with Gasteiger partial charge in [0.15, 0.2) is 0 Å². The minimum absolute atomic E-state index is 0.124. The molecule has 1 aliphatic rings. The molecular formula is C15H21ClO3S. The topological polar surface area (TPSA) is 43.4 Å². The molecule has 112 valence electrons. The van der Waals surface area contributed by atoms with Crippen LogP contribution in [0.25, 0.3) is 0 Å². The minimum Gasteiger partial charge on any atom is -0.493 e. The quantitative estimate of drug-likeness (QED) is 0.768. The van der Waals surface area contributed by atoms with Gasteiger partial charge in [-0.1, -0.05) is 33.6 Å². The molecule has 5 heteroatoms. The van der Waals surface area contributed by atoms with E-state index < -0.39 is 9.05 Å². The van der Waals surface area contributed by atoms with Crippen molar-refractivity contribution in [3.05, 3.63) is 23.8 Å². The lowest BCUT2D eigenvalue weighted by Crippen LogP contribution is -2.15. The van der Waals surface area contributed by atoms with Crippen LogP contribution in [-0.4, -0.2) is 15.0 Å². The van der Waals surface area contributed by atoms with Gasteiger partial charge < -0.3 is 4.74 Å². The molecule has 0 radical (unpaired) electrons. The first-order valence-electron chi connectivity index (χ1n) is 6.90. The predicted molar refractivity (Wildman–Crippen MR) is 81.0 cm³/mol. The van der Waals surface area contributed by atoms with Gasteiger partial charge in [0.1, 0.15) is 5.75 Å². The van der Waals surface area contributed by atoms with Gasteiger partial charge in [-0.3, -0.25) is 0 Å². The molecule has 1 fully saturated rings. The number of halogens is 1. The van der Waals surface area contributed by atoms with Crippen molar-refractivity contribution in [1.82, 2.24) is 0 Å². The summed E-state index contributed by atoms with van der Waals surface area (Å²) in [7, 11) is 1.71. The second-order valence-electron chi connectivity index (χ2n) is 6.43. The van der Waals surface area contributed by atoms with Gasteiger partial charge in [0.25, 0.3) is 9.05 Å². The summed E-state index contributed by atoms with van der Waals surface area (Å²) in [5.74, 6) is 1.57. The first kappa shape index (κ1) is 15.6. The fraction of sp³-hybridized carbons (Fsp3) is 0.600. The number of hydrogen-bond acceptors (Lipinski definition) is 3. The van der Waals surface area contributed by atoms with E-state index in [9.17, 15) is 8.42 Å². The Morgan fingerprint density at radius 2 is 1.95 bits per heavy atom. The van der Waals surface area contributed by atoms with E-state index in [1.807, 2.05) is 20.8 Å². The van der Waals surface area contributed by atoms with Crippen LogP contribution in [0.5, 0.6) is 5.75 Å². The summed E-state index contributed by atoms with van der Waals surface area (Å²) < 4.78 is 28.8. The van der Waals surface area contributed by atoms with Gasteiger partial charge in [0, 0.05) is 16.2 Å². The summed E-state index contributed by atoms with van der Waals surface area (Å²) in [6.45, 7) is 6.77. The van der Waals surface area contributed by atoms with Crippen LogP contribution in [0.2, 0.25) is 0 Å². The van der Waals surface area contributed by atoms with E-state index in [2.05, 4.69) is 0 Å². The monoisotopic (exact) mass is 316 g/mol. The maximum absolute atomic E-state index is 11.5. The van der Waals surface area contributed by atoms with Crippen molar-refractivity contribution < 1.29 is 13.2 Å². The van der Waals surface area contributed by atoms with Crippen LogP contribution < -0.4 is 4.74 Å². The highest BCUT2D eigenvalue weighted by molar-refractivity contribution is 8.13. The Kier molecular flexibility index (Phi) is 4.35. The fourth-order valence-electron chi connectivity index (χ4n) is 2.11. The molecular weight excluding hydrogens is 296 g/mol. The van der Waals surface area contributed by atoms with Crippen molar-refractivity contribution in [2.75, 3.05) is 6.61 Å². The molecule has 0 unspecified atom stereocenters. The molecule has 0 bridgehead atoms. The molecule has 1 aromatic carbocycles. The summed E-state index contributed by atoms with van der Waals surface area (Å²) in [5.41, 5.74) is 0.669. The molecule has 0 aromatic heterocycles. The smallest absolute Gasteiger partial charge is 0.261 e. The van der Waals surface area contributed by atoms with E-state index in [4.69, 9.17) is 15.4 Å². The lowest BCUT2D eigenvalue weighted by atomic mass is 9.86. The molecule has 0 atom stereocenters. The molecule has 2 rings (SSSR count). The molecule has 1 saturated carbocycles. The molecule has 1 aliphatic carbocycles. The number of ether oxygens (including phenoxy) is 1. The van der Waals surface area contributed by atoms with Gasteiger partial charge in [0.2, 0.25) is 0 Å². The van der Waals surface area contributed by atoms with Gasteiger partial charge in [0.05, 0.1) is 11.5 Å². The Morgan fingerprint density at radius 3 is 2.45 bits per heavy atom. The third-order valence-electron chi connectivity index (χ3n) is 3.52. The van der Waals surface area contributed by atoms with Gasteiger partial charge in [-0.2, -0.15) is 0 Å². The van der Waals surface area contributed by atoms with Crippen LogP contribution in [0.1, 0.15) is 45.6 Å². The summed E-state index contributed by atoms with van der Waals surface area (Å²) >= 11 is 0. The van der Waals surface area contributed by atoms with E-state index >= 15 is 0 Å². The zero-order valence-electron chi connectivity index (χ0n) is 12.1. The molecule has 0 heterocycles. The third-order valence-corrected chi connectivity index (χ3v) is 4.87. The highest BCUT2D eigenvalue weighted by Crippen LogP contribution is 2.36. The summed E-state index contributed by atoms with van der Waals surface area (Å²) in [5, 5.41) is 0. The first-order valence-corrected chi connectivity index (χ1v) is 9.21. The maximum atomic E-state index is 11.5. The minimum atomic E-state index is -3.71. The number of rotatable bonds is 5. The Bertz CT molecular complexity index is 584. The van der Waals surface area contributed by atoms with Crippen LogP contribution in [0.3, 0.4) is 0 Å². The Labute approximate surface area is 125 Å². The van der Waals surface area contributed by atoms with Crippen molar-refractivity contribution in [1.29, 1.82) is 0 Å². The summed E-state index contributed by atoms with van der Waals surface area (Å²) in [6.07, 6.45) is 3.68. The lowest BCUT2D eigenvalue weighted by molar-refractivity contribution is 0.294. The molecule has 0 aliphatic heterocycles. The maximum Gasteiger partial charge on any atom is 0.261 e. The fourth-order valence-corrected chi connectivity index (χ4v) is 2.89. The molecule has 0 N–H and O–H groups in total. The van der Waals surface area contributed by atoms with Crippen LogP contribution >= 0.6 is 10.7 Å². The largest absolute Gasteiger partial charge is 0.493 e. The standard InChI is InChI=1S/C15H21ClO3S/c1-15(2,3)13-10-12(20(16,17)18)6-7-14(13)19-9-8-11-4-5-11/h6-7,10-11H,4-5,8-9H2,1-3H3. The molecule has 0 saturated heterocycles. The highest BCUT2D eigenvalue weighted by Gasteiger charge is 2.24. The molecule has 20 heavy (non-hydrogen) atoms.